The molecule has 0 N–H and O–H groups in total. The van der Waals surface area contributed by atoms with Gasteiger partial charge in [-0.05, 0) is 15.4 Å². The van der Waals surface area contributed by atoms with Gasteiger partial charge < -0.3 is 18.6 Å². The Labute approximate surface area is 168 Å². The molecule has 0 aliphatic carbocycles. The summed E-state index contributed by atoms with van der Waals surface area (Å²) in [4.78, 5) is 0. The van der Waals surface area contributed by atoms with Gasteiger partial charge in [-0.25, -0.2) is 0 Å². The van der Waals surface area contributed by atoms with Crippen molar-refractivity contribution in [1.29, 1.82) is 0 Å². The first kappa shape index (κ1) is 19.8. The highest BCUT2D eigenvalue weighted by molar-refractivity contribution is 6.99. The van der Waals surface area contributed by atoms with Gasteiger partial charge in [-0.15, -0.1) is 0 Å². The molecule has 4 rings (SSSR count). The van der Waals surface area contributed by atoms with Crippen LogP contribution in [-0.2, 0) is 18.6 Å². The first-order chi connectivity index (χ1) is 13.5. The van der Waals surface area contributed by atoms with Crippen LogP contribution < -0.4 is 10.4 Å². The molecule has 2 aromatic rings. The monoisotopic (exact) mass is 398 g/mol. The van der Waals surface area contributed by atoms with E-state index in [4.69, 9.17) is 18.6 Å². The molecule has 2 heterocycles. The summed E-state index contributed by atoms with van der Waals surface area (Å²) < 4.78 is 24.9. The normalized spacial score (nSPS) is 27.7. The second-order valence-corrected chi connectivity index (χ2v) is 12.9. The highest BCUT2D eigenvalue weighted by Crippen LogP contribution is 2.40. The Hall–Kier alpha value is -1.50. The lowest BCUT2D eigenvalue weighted by molar-refractivity contribution is -0.0147. The van der Waals surface area contributed by atoms with Gasteiger partial charge in [0.15, 0.2) is 0 Å². The van der Waals surface area contributed by atoms with E-state index >= 15 is 0 Å². The van der Waals surface area contributed by atoms with E-state index in [0.717, 1.165) is 0 Å². The number of rotatable bonds is 5. The first-order valence-corrected chi connectivity index (χ1v) is 11.9. The molecular formula is C23H30O4Si. The molecule has 0 spiro atoms. The van der Waals surface area contributed by atoms with E-state index in [1.165, 1.54) is 10.4 Å². The molecule has 28 heavy (non-hydrogen) atoms. The zero-order valence-corrected chi connectivity index (χ0v) is 18.1. The average molecular weight is 399 g/mol. The smallest absolute Gasteiger partial charge is 0.261 e. The zero-order chi connectivity index (χ0) is 19.8. The van der Waals surface area contributed by atoms with E-state index in [2.05, 4.69) is 81.4 Å². The summed E-state index contributed by atoms with van der Waals surface area (Å²) in [6.45, 7) is 7.98. The Balaban J connectivity index is 1.78. The molecule has 4 atom stereocenters. The Bertz CT molecular complexity index is 735. The second-order valence-electron chi connectivity index (χ2n) is 8.69. The molecule has 150 valence electrons. The average Bonchev–Trinajstić information content (AvgIpc) is 3.28. The molecule has 2 aliphatic rings. The lowest BCUT2D eigenvalue weighted by atomic mass is 10.1. The summed E-state index contributed by atoms with van der Waals surface area (Å²) in [5.74, 6) is 0. The van der Waals surface area contributed by atoms with Crippen molar-refractivity contribution >= 4 is 18.7 Å². The molecule has 0 saturated carbocycles. The maximum absolute atomic E-state index is 7.18. The summed E-state index contributed by atoms with van der Waals surface area (Å²) in [6.07, 6.45) is -0.242. The summed E-state index contributed by atoms with van der Waals surface area (Å²) in [6, 6.07) is 21.4. The van der Waals surface area contributed by atoms with Crippen molar-refractivity contribution in [3.8, 4) is 0 Å². The van der Waals surface area contributed by atoms with Gasteiger partial charge in [-0.2, -0.15) is 0 Å². The minimum atomic E-state index is -2.61. The van der Waals surface area contributed by atoms with Crippen LogP contribution in [0.4, 0.5) is 0 Å². The van der Waals surface area contributed by atoms with Crippen LogP contribution in [0.25, 0.3) is 0 Å². The number of hydrogen-bond acceptors (Lipinski definition) is 4. The molecule has 0 bridgehead atoms. The fourth-order valence-corrected chi connectivity index (χ4v) is 9.32. The van der Waals surface area contributed by atoms with Crippen molar-refractivity contribution in [3.05, 3.63) is 60.7 Å². The topological polar surface area (TPSA) is 36.9 Å². The standard InChI is InChI=1S/C23H30O4Si/c1-23(2,3)28(17-11-7-5-8-12-17,18-13-9-6-10-14-18)27-20-16-26-21-19(24-4)15-25-22(20)21/h5-14,19-22H,15-16H2,1-4H3/t19-,20+,21-,22-/m1/s1. The third-order valence-corrected chi connectivity index (χ3v) is 11.1. The van der Waals surface area contributed by atoms with Crippen molar-refractivity contribution in [2.45, 2.75) is 50.2 Å². The zero-order valence-electron chi connectivity index (χ0n) is 17.1. The van der Waals surface area contributed by atoms with Crippen LogP contribution in [0.3, 0.4) is 0 Å². The van der Waals surface area contributed by atoms with Crippen LogP contribution in [-0.4, -0.2) is 53.1 Å². The van der Waals surface area contributed by atoms with Crippen molar-refractivity contribution < 1.29 is 18.6 Å². The van der Waals surface area contributed by atoms with E-state index in [-0.39, 0.29) is 29.5 Å². The van der Waals surface area contributed by atoms with Gasteiger partial charge >= 0.3 is 0 Å². The highest BCUT2D eigenvalue weighted by Gasteiger charge is 2.56. The van der Waals surface area contributed by atoms with Crippen LogP contribution in [0.15, 0.2) is 60.7 Å². The van der Waals surface area contributed by atoms with Crippen molar-refractivity contribution in [2.75, 3.05) is 20.3 Å². The van der Waals surface area contributed by atoms with E-state index < -0.39 is 8.32 Å². The quantitative estimate of drug-likeness (QED) is 0.726. The Morgan fingerprint density at radius 3 is 1.71 bits per heavy atom. The summed E-state index contributed by atoms with van der Waals surface area (Å²) in [7, 11) is -0.889. The maximum atomic E-state index is 7.18. The fourth-order valence-electron chi connectivity index (χ4n) is 4.65. The van der Waals surface area contributed by atoms with Crippen molar-refractivity contribution in [3.63, 3.8) is 0 Å². The van der Waals surface area contributed by atoms with Gasteiger partial charge in [0.2, 0.25) is 0 Å². The molecule has 0 amide bonds. The van der Waals surface area contributed by atoms with E-state index in [0.29, 0.717) is 13.2 Å². The van der Waals surface area contributed by atoms with Gasteiger partial charge in [-0.1, -0.05) is 81.4 Å². The van der Waals surface area contributed by atoms with Gasteiger partial charge in [0.1, 0.15) is 18.3 Å². The van der Waals surface area contributed by atoms with E-state index in [9.17, 15) is 0 Å². The number of fused-ring (bicyclic) bond motifs is 1. The molecule has 2 aliphatic heterocycles. The van der Waals surface area contributed by atoms with Crippen molar-refractivity contribution in [2.24, 2.45) is 0 Å². The van der Waals surface area contributed by atoms with Gasteiger partial charge in [0.25, 0.3) is 8.32 Å². The Kier molecular flexibility index (Phi) is 5.46. The molecular weight excluding hydrogens is 368 g/mol. The lowest BCUT2D eigenvalue weighted by Gasteiger charge is -2.45. The highest BCUT2D eigenvalue weighted by atomic mass is 28.4. The van der Waals surface area contributed by atoms with E-state index in [1.54, 1.807) is 7.11 Å². The SMILES string of the molecule is CO[C@@H]1CO[C@H]2[C@@H]1OC[C@@H]2O[Si](c1ccccc1)(c1ccccc1)C(C)(C)C. The minimum absolute atomic E-state index is 0.0160. The Morgan fingerprint density at radius 1 is 0.786 bits per heavy atom. The van der Waals surface area contributed by atoms with Crippen LogP contribution in [0.2, 0.25) is 5.04 Å². The van der Waals surface area contributed by atoms with Gasteiger partial charge in [0.05, 0.1) is 19.3 Å². The molecule has 2 fully saturated rings. The molecule has 2 aromatic carbocycles. The van der Waals surface area contributed by atoms with Crippen LogP contribution >= 0.6 is 0 Å². The number of ether oxygens (including phenoxy) is 3. The number of hydrogen-bond donors (Lipinski definition) is 0. The van der Waals surface area contributed by atoms with E-state index in [1.807, 2.05) is 0 Å². The van der Waals surface area contributed by atoms with Crippen LogP contribution in [0.1, 0.15) is 20.8 Å². The summed E-state index contributed by atoms with van der Waals surface area (Å²) >= 11 is 0. The van der Waals surface area contributed by atoms with Gasteiger partial charge in [0, 0.05) is 7.11 Å². The largest absolute Gasteiger partial charge is 0.399 e. The number of methoxy groups -OCH3 is 1. The molecule has 0 unspecified atom stereocenters. The van der Waals surface area contributed by atoms with Crippen molar-refractivity contribution in [1.82, 2.24) is 0 Å². The molecule has 2 saturated heterocycles. The summed E-state index contributed by atoms with van der Waals surface area (Å²) in [5, 5.41) is 2.49. The van der Waals surface area contributed by atoms with Crippen LogP contribution in [0, 0.1) is 0 Å². The Morgan fingerprint density at radius 2 is 1.25 bits per heavy atom. The molecule has 0 radical (unpaired) electrons. The predicted molar refractivity (Wildman–Crippen MR) is 113 cm³/mol. The molecule has 4 nitrogen and oxygen atoms in total. The molecule has 5 heteroatoms. The first-order valence-electron chi connectivity index (χ1n) is 10.0. The van der Waals surface area contributed by atoms with Gasteiger partial charge in [-0.3, -0.25) is 0 Å². The lowest BCUT2D eigenvalue weighted by Crippen LogP contribution is -2.68. The second kappa shape index (κ2) is 7.73. The third kappa shape index (κ3) is 3.25. The predicted octanol–water partition coefficient (Wildman–Crippen LogP) is 2.74. The maximum Gasteiger partial charge on any atom is 0.261 e. The van der Waals surface area contributed by atoms with Crippen LogP contribution in [0.5, 0.6) is 0 Å². The minimum Gasteiger partial charge on any atom is -0.399 e. The molecule has 0 aromatic heterocycles. The third-order valence-electron chi connectivity index (χ3n) is 6.01. The summed E-state index contributed by atoms with van der Waals surface area (Å²) in [5.41, 5.74) is 0. The number of benzene rings is 2. The fraction of sp³-hybridized carbons (Fsp3) is 0.478.